The minimum atomic E-state index is -1.82. The lowest BCUT2D eigenvalue weighted by Gasteiger charge is -2.28. The molecule has 6 nitrogen and oxygen atoms in total. The molecular formula is C30H31ClN2O4. The molecule has 2 atom stereocenters. The number of amides is 2. The molecule has 0 aromatic heterocycles. The zero-order chi connectivity index (χ0) is 26.4. The Morgan fingerprint density at radius 2 is 1.70 bits per heavy atom. The van der Waals surface area contributed by atoms with Gasteiger partial charge in [0.2, 0.25) is 5.91 Å². The molecule has 3 aromatic carbocycles. The third-order valence-corrected chi connectivity index (χ3v) is 6.96. The Morgan fingerprint density at radius 1 is 1.05 bits per heavy atom. The van der Waals surface area contributed by atoms with Crippen molar-refractivity contribution in [1.29, 1.82) is 0 Å². The highest BCUT2D eigenvalue weighted by Gasteiger charge is 2.52. The highest BCUT2D eigenvalue weighted by molar-refractivity contribution is 6.31. The third-order valence-electron chi connectivity index (χ3n) is 6.73. The van der Waals surface area contributed by atoms with Gasteiger partial charge in [-0.25, -0.2) is 0 Å². The van der Waals surface area contributed by atoms with Crippen LogP contribution in [0.2, 0.25) is 5.02 Å². The Balaban J connectivity index is 1.51. The summed E-state index contributed by atoms with van der Waals surface area (Å²) in [5.74, 6) is -1.20. The van der Waals surface area contributed by atoms with Crippen LogP contribution in [0.25, 0.3) is 0 Å². The van der Waals surface area contributed by atoms with Crippen molar-refractivity contribution < 1.29 is 19.8 Å². The van der Waals surface area contributed by atoms with Gasteiger partial charge in [-0.1, -0.05) is 91.3 Å². The Morgan fingerprint density at radius 3 is 2.35 bits per heavy atom. The first-order valence-electron chi connectivity index (χ1n) is 12.3. The molecule has 3 aromatic rings. The maximum atomic E-state index is 13.6. The normalized spacial score (nSPS) is 17.7. The fourth-order valence-corrected chi connectivity index (χ4v) is 4.87. The summed E-state index contributed by atoms with van der Waals surface area (Å²) in [7, 11) is 0. The summed E-state index contributed by atoms with van der Waals surface area (Å²) in [4.78, 5) is 29.7. The largest absolute Gasteiger partial charge is 0.395 e. The van der Waals surface area contributed by atoms with E-state index in [1.165, 1.54) is 0 Å². The van der Waals surface area contributed by atoms with Crippen LogP contribution in [0.15, 0.2) is 91.0 Å². The molecule has 0 spiro atoms. The van der Waals surface area contributed by atoms with Crippen molar-refractivity contribution in [3.8, 4) is 0 Å². The summed E-state index contributed by atoms with van der Waals surface area (Å²) < 4.78 is 0. The molecule has 2 N–H and O–H groups in total. The average Bonchev–Trinajstić information content (AvgIpc) is 3.11. The number of carbonyl (C=O) groups excluding carboxylic acids is 2. The number of halogens is 1. The molecule has 2 amide bonds. The van der Waals surface area contributed by atoms with Crippen LogP contribution in [0.5, 0.6) is 0 Å². The predicted octanol–water partition coefficient (Wildman–Crippen LogP) is 4.68. The molecule has 0 radical (unpaired) electrons. The SMILES string of the molecule is C[C@@H](/C=C/CC(=O)N(CCO)Cc1ccccc1)[C@]1(O)C(=O)N(Cc2ccccc2)c2ccc(Cl)cc21. The van der Waals surface area contributed by atoms with E-state index in [4.69, 9.17) is 11.6 Å². The van der Waals surface area contributed by atoms with Gasteiger partial charge in [-0.05, 0) is 29.3 Å². The second-order valence-electron chi connectivity index (χ2n) is 9.25. The van der Waals surface area contributed by atoms with E-state index in [-0.39, 0.29) is 25.5 Å². The molecule has 1 aliphatic rings. The molecule has 0 unspecified atom stereocenters. The zero-order valence-corrected chi connectivity index (χ0v) is 21.5. The van der Waals surface area contributed by atoms with Crippen molar-refractivity contribution >= 4 is 29.1 Å². The summed E-state index contributed by atoms with van der Waals surface area (Å²) in [6.45, 7) is 2.56. The molecule has 7 heteroatoms. The standard InChI is InChI=1S/C30H31ClN2O4/c1-22(9-8-14-28(35)32(17-18-34)20-23-10-4-2-5-11-23)30(37)26-19-25(31)15-16-27(26)33(29(30)36)21-24-12-6-3-7-13-24/h2-13,15-16,19,22,34,37H,14,17-18,20-21H2,1H3/b9-8+/t22-,30+/m0/s1. The number of fused-ring (bicyclic) bond motifs is 1. The van der Waals surface area contributed by atoms with Gasteiger partial charge >= 0.3 is 0 Å². The van der Waals surface area contributed by atoms with Crippen molar-refractivity contribution in [3.05, 3.63) is 113 Å². The molecule has 37 heavy (non-hydrogen) atoms. The topological polar surface area (TPSA) is 81.1 Å². The van der Waals surface area contributed by atoms with E-state index in [0.717, 1.165) is 11.1 Å². The molecule has 4 rings (SSSR count). The molecule has 0 saturated heterocycles. The van der Waals surface area contributed by atoms with Gasteiger partial charge in [0.15, 0.2) is 5.60 Å². The van der Waals surface area contributed by atoms with Gasteiger partial charge in [0.25, 0.3) is 5.91 Å². The monoisotopic (exact) mass is 518 g/mol. The van der Waals surface area contributed by atoms with E-state index in [1.807, 2.05) is 60.7 Å². The van der Waals surface area contributed by atoms with Crippen LogP contribution >= 0.6 is 11.6 Å². The highest BCUT2D eigenvalue weighted by atomic mass is 35.5. The first-order valence-corrected chi connectivity index (χ1v) is 12.7. The molecular weight excluding hydrogens is 488 g/mol. The maximum Gasteiger partial charge on any atom is 0.264 e. The quantitative estimate of drug-likeness (QED) is 0.382. The summed E-state index contributed by atoms with van der Waals surface area (Å²) in [5, 5.41) is 21.6. The lowest BCUT2D eigenvalue weighted by atomic mass is 9.83. The molecule has 192 valence electrons. The maximum absolute atomic E-state index is 13.6. The highest BCUT2D eigenvalue weighted by Crippen LogP contribution is 2.46. The minimum absolute atomic E-state index is 0.0809. The third kappa shape index (κ3) is 5.77. The summed E-state index contributed by atoms with van der Waals surface area (Å²) in [6, 6.07) is 24.3. The second-order valence-corrected chi connectivity index (χ2v) is 9.69. The lowest BCUT2D eigenvalue weighted by molar-refractivity contribution is -0.139. The van der Waals surface area contributed by atoms with Crippen molar-refractivity contribution in [2.24, 2.45) is 5.92 Å². The van der Waals surface area contributed by atoms with E-state index in [0.29, 0.717) is 29.4 Å². The van der Waals surface area contributed by atoms with Crippen LogP contribution < -0.4 is 4.90 Å². The Labute approximate surface area is 222 Å². The smallest absolute Gasteiger partial charge is 0.264 e. The molecule has 0 saturated carbocycles. The number of hydrogen-bond acceptors (Lipinski definition) is 4. The van der Waals surface area contributed by atoms with Crippen LogP contribution in [0.4, 0.5) is 5.69 Å². The van der Waals surface area contributed by atoms with E-state index >= 15 is 0 Å². The number of rotatable bonds is 10. The minimum Gasteiger partial charge on any atom is -0.395 e. The van der Waals surface area contributed by atoms with Crippen LogP contribution in [-0.2, 0) is 28.3 Å². The van der Waals surface area contributed by atoms with Crippen molar-refractivity contribution in [3.63, 3.8) is 0 Å². The fourth-order valence-electron chi connectivity index (χ4n) is 4.70. The Hall–Kier alpha value is -3.45. The van der Waals surface area contributed by atoms with Crippen molar-refractivity contribution in [2.75, 3.05) is 18.1 Å². The van der Waals surface area contributed by atoms with Crippen LogP contribution in [0.1, 0.15) is 30.0 Å². The van der Waals surface area contributed by atoms with Crippen LogP contribution in [-0.4, -0.2) is 40.1 Å². The Kier molecular flexibility index (Phi) is 8.44. The summed E-state index contributed by atoms with van der Waals surface area (Å²) in [6.07, 6.45) is 3.46. The van der Waals surface area contributed by atoms with E-state index in [9.17, 15) is 19.8 Å². The second kappa shape index (κ2) is 11.7. The van der Waals surface area contributed by atoms with Crippen LogP contribution in [0.3, 0.4) is 0 Å². The molecule has 1 aliphatic heterocycles. The van der Waals surface area contributed by atoms with Gasteiger partial charge in [0, 0.05) is 36.0 Å². The Bertz CT molecular complexity index is 1270. The number of benzene rings is 3. The molecule has 0 bridgehead atoms. The van der Waals surface area contributed by atoms with Gasteiger partial charge in [-0.2, -0.15) is 0 Å². The average molecular weight is 519 g/mol. The fraction of sp³-hybridized carbons (Fsp3) is 0.267. The van der Waals surface area contributed by atoms with E-state index in [2.05, 4.69) is 0 Å². The first kappa shape index (κ1) is 26.6. The number of carbonyl (C=O) groups is 2. The van der Waals surface area contributed by atoms with Gasteiger partial charge < -0.3 is 20.0 Å². The van der Waals surface area contributed by atoms with Gasteiger partial charge in [0.1, 0.15) is 0 Å². The summed E-state index contributed by atoms with van der Waals surface area (Å²) >= 11 is 6.26. The summed E-state index contributed by atoms with van der Waals surface area (Å²) in [5.41, 5.74) is 1.17. The van der Waals surface area contributed by atoms with Crippen molar-refractivity contribution in [2.45, 2.75) is 32.0 Å². The van der Waals surface area contributed by atoms with E-state index in [1.54, 1.807) is 47.1 Å². The van der Waals surface area contributed by atoms with Gasteiger partial charge in [0.05, 0.1) is 18.8 Å². The van der Waals surface area contributed by atoms with Crippen molar-refractivity contribution in [1.82, 2.24) is 4.90 Å². The van der Waals surface area contributed by atoms with Crippen LogP contribution in [0, 0.1) is 5.92 Å². The number of aliphatic hydroxyl groups is 2. The number of anilines is 1. The van der Waals surface area contributed by atoms with Gasteiger partial charge in [-0.3, -0.25) is 9.59 Å². The lowest BCUT2D eigenvalue weighted by Crippen LogP contribution is -2.44. The molecule has 0 fully saturated rings. The molecule has 1 heterocycles. The zero-order valence-electron chi connectivity index (χ0n) is 20.8. The molecule has 0 aliphatic carbocycles. The first-order chi connectivity index (χ1) is 17.8. The predicted molar refractivity (Wildman–Crippen MR) is 145 cm³/mol. The van der Waals surface area contributed by atoms with Gasteiger partial charge in [-0.15, -0.1) is 0 Å². The van der Waals surface area contributed by atoms with E-state index < -0.39 is 17.4 Å². The number of nitrogens with zero attached hydrogens (tertiary/aromatic N) is 2. The number of hydrogen-bond donors (Lipinski definition) is 2. The number of aliphatic hydroxyl groups excluding tert-OH is 1.